The highest BCUT2D eigenvalue weighted by Gasteiger charge is 2.26. The van der Waals surface area contributed by atoms with E-state index in [1.54, 1.807) is 0 Å². The number of ether oxygens (including phenoxy) is 1. The van der Waals surface area contributed by atoms with Gasteiger partial charge in [0, 0.05) is 23.7 Å². The Morgan fingerprint density at radius 2 is 2.03 bits per heavy atom. The van der Waals surface area contributed by atoms with Crippen LogP contribution in [-0.2, 0) is 14.3 Å². The van der Waals surface area contributed by atoms with E-state index in [0.29, 0.717) is 18.1 Å². The smallest absolute Gasteiger partial charge is 0.329 e. The van der Waals surface area contributed by atoms with Crippen molar-refractivity contribution < 1.29 is 24.0 Å². The van der Waals surface area contributed by atoms with E-state index in [-0.39, 0.29) is 23.2 Å². The van der Waals surface area contributed by atoms with Crippen LogP contribution < -0.4 is 10.6 Å². The highest BCUT2D eigenvalue weighted by Crippen LogP contribution is 2.23. The fourth-order valence-corrected chi connectivity index (χ4v) is 3.97. The SMILES string of the molecule is CSCCC(NC(=O)c1cccc([N+](=O)[O-])c1)C(=O)OCC(=O)NC1CCCCC1C. The molecule has 1 fully saturated rings. The summed E-state index contributed by atoms with van der Waals surface area (Å²) in [5.41, 5.74) is -0.148. The Bertz CT molecular complexity index is 803. The molecule has 0 aliphatic heterocycles. The van der Waals surface area contributed by atoms with E-state index in [9.17, 15) is 24.5 Å². The predicted octanol–water partition coefficient (Wildman–Crippen LogP) is 2.68. The van der Waals surface area contributed by atoms with E-state index in [0.717, 1.165) is 31.7 Å². The molecule has 3 atom stereocenters. The first-order chi connectivity index (χ1) is 14.8. The lowest BCUT2D eigenvalue weighted by Gasteiger charge is -2.29. The Balaban J connectivity index is 1.93. The molecule has 0 radical (unpaired) electrons. The molecule has 9 nitrogen and oxygen atoms in total. The first-order valence-corrected chi connectivity index (χ1v) is 11.7. The largest absolute Gasteiger partial charge is 0.454 e. The lowest BCUT2D eigenvalue weighted by atomic mass is 9.86. The number of non-ortho nitro benzene ring substituents is 1. The molecule has 1 aliphatic carbocycles. The first kappa shape index (κ1) is 24.6. The van der Waals surface area contributed by atoms with Crippen LogP contribution in [0.1, 0.15) is 49.4 Å². The van der Waals surface area contributed by atoms with Gasteiger partial charge in [0.15, 0.2) is 6.61 Å². The quantitative estimate of drug-likeness (QED) is 0.318. The number of amides is 2. The van der Waals surface area contributed by atoms with Crippen molar-refractivity contribution in [3.05, 3.63) is 39.9 Å². The molecule has 10 heteroatoms. The molecule has 3 unspecified atom stereocenters. The van der Waals surface area contributed by atoms with Gasteiger partial charge in [0.25, 0.3) is 17.5 Å². The molecule has 1 aliphatic rings. The summed E-state index contributed by atoms with van der Waals surface area (Å²) in [7, 11) is 0. The molecule has 1 aromatic rings. The van der Waals surface area contributed by atoms with Gasteiger partial charge in [0.05, 0.1) is 4.92 Å². The fourth-order valence-electron chi connectivity index (χ4n) is 3.50. The number of esters is 1. The highest BCUT2D eigenvalue weighted by atomic mass is 32.2. The molecule has 170 valence electrons. The monoisotopic (exact) mass is 451 g/mol. The van der Waals surface area contributed by atoms with Gasteiger partial charge < -0.3 is 15.4 Å². The maximum atomic E-state index is 12.5. The summed E-state index contributed by atoms with van der Waals surface area (Å²) in [5, 5.41) is 16.4. The Morgan fingerprint density at radius 1 is 1.29 bits per heavy atom. The number of carbonyl (C=O) groups excluding carboxylic acids is 3. The molecule has 0 heterocycles. The molecule has 1 aromatic carbocycles. The van der Waals surface area contributed by atoms with Crippen LogP contribution in [0.5, 0.6) is 0 Å². The number of carbonyl (C=O) groups is 3. The summed E-state index contributed by atoms with van der Waals surface area (Å²) in [4.78, 5) is 47.5. The van der Waals surface area contributed by atoms with Crippen LogP contribution in [0.25, 0.3) is 0 Å². The summed E-state index contributed by atoms with van der Waals surface area (Å²) < 4.78 is 5.16. The lowest BCUT2D eigenvalue weighted by molar-refractivity contribution is -0.384. The normalized spacial score (nSPS) is 19.2. The van der Waals surface area contributed by atoms with Gasteiger partial charge in [-0.15, -0.1) is 0 Å². The van der Waals surface area contributed by atoms with Gasteiger partial charge in [-0.2, -0.15) is 11.8 Å². The summed E-state index contributed by atoms with van der Waals surface area (Å²) in [6.45, 7) is 1.68. The maximum absolute atomic E-state index is 12.5. The summed E-state index contributed by atoms with van der Waals surface area (Å²) >= 11 is 1.50. The van der Waals surface area contributed by atoms with Crippen molar-refractivity contribution in [2.24, 2.45) is 5.92 Å². The molecule has 1 saturated carbocycles. The number of nitrogens with one attached hydrogen (secondary N) is 2. The maximum Gasteiger partial charge on any atom is 0.329 e. The summed E-state index contributed by atoms with van der Waals surface area (Å²) in [5.74, 6) is -0.717. The van der Waals surface area contributed by atoms with E-state index in [1.807, 2.05) is 6.26 Å². The van der Waals surface area contributed by atoms with Crippen LogP contribution in [0.3, 0.4) is 0 Å². The van der Waals surface area contributed by atoms with Crippen LogP contribution in [0.2, 0.25) is 0 Å². The molecular formula is C21H29N3O6S. The third-order valence-corrected chi connectivity index (χ3v) is 5.97. The molecule has 0 spiro atoms. The lowest BCUT2D eigenvalue weighted by Crippen LogP contribution is -2.45. The van der Waals surface area contributed by atoms with Crippen molar-refractivity contribution >= 4 is 35.2 Å². The minimum atomic E-state index is -0.958. The standard InChI is InChI=1S/C21H29N3O6S/c1-14-6-3-4-9-17(14)22-19(25)13-30-21(27)18(10-11-31-2)23-20(26)15-7-5-8-16(12-15)24(28)29/h5,7-8,12,14,17-18H,3-4,6,9-11,13H2,1-2H3,(H,22,25)(H,23,26). The Labute approximate surface area is 185 Å². The molecule has 2 amide bonds. The molecule has 2 rings (SSSR count). The van der Waals surface area contributed by atoms with Crippen LogP contribution in [0.15, 0.2) is 24.3 Å². The van der Waals surface area contributed by atoms with Gasteiger partial charge in [-0.3, -0.25) is 19.7 Å². The second-order valence-corrected chi connectivity index (χ2v) is 8.64. The zero-order valence-corrected chi connectivity index (χ0v) is 18.6. The Morgan fingerprint density at radius 3 is 2.71 bits per heavy atom. The second kappa shape index (κ2) is 12.3. The molecular weight excluding hydrogens is 422 g/mol. The van der Waals surface area contributed by atoms with E-state index in [1.165, 1.54) is 30.0 Å². The van der Waals surface area contributed by atoms with Crippen molar-refractivity contribution in [3.63, 3.8) is 0 Å². The average Bonchev–Trinajstić information content (AvgIpc) is 2.76. The van der Waals surface area contributed by atoms with Gasteiger partial charge in [-0.05, 0) is 43.3 Å². The van der Waals surface area contributed by atoms with E-state index < -0.39 is 29.4 Å². The van der Waals surface area contributed by atoms with Crippen molar-refractivity contribution in [1.82, 2.24) is 10.6 Å². The van der Waals surface area contributed by atoms with Crippen molar-refractivity contribution in [2.75, 3.05) is 18.6 Å². The van der Waals surface area contributed by atoms with Crippen LogP contribution in [-0.4, -0.2) is 53.4 Å². The first-order valence-electron chi connectivity index (χ1n) is 10.3. The molecule has 2 N–H and O–H groups in total. The number of hydrogen-bond donors (Lipinski definition) is 2. The third kappa shape index (κ3) is 7.86. The zero-order chi connectivity index (χ0) is 22.8. The summed E-state index contributed by atoms with van der Waals surface area (Å²) in [6, 6.07) is 4.38. The van der Waals surface area contributed by atoms with E-state index in [4.69, 9.17) is 4.74 Å². The number of hydrogen-bond acceptors (Lipinski definition) is 7. The number of nitro groups is 1. The molecule has 0 aromatic heterocycles. The number of benzene rings is 1. The fraction of sp³-hybridized carbons (Fsp3) is 0.571. The number of thioether (sulfide) groups is 1. The number of nitro benzene ring substituents is 1. The molecule has 0 saturated heterocycles. The van der Waals surface area contributed by atoms with Gasteiger partial charge in [-0.1, -0.05) is 25.8 Å². The Kier molecular flexibility index (Phi) is 9.77. The average molecular weight is 452 g/mol. The van der Waals surface area contributed by atoms with Crippen molar-refractivity contribution in [2.45, 2.75) is 51.1 Å². The minimum Gasteiger partial charge on any atom is -0.454 e. The van der Waals surface area contributed by atoms with E-state index in [2.05, 4.69) is 17.6 Å². The highest BCUT2D eigenvalue weighted by molar-refractivity contribution is 7.98. The number of rotatable bonds is 10. The van der Waals surface area contributed by atoms with Gasteiger partial charge in [0.1, 0.15) is 6.04 Å². The van der Waals surface area contributed by atoms with Crippen LogP contribution in [0.4, 0.5) is 5.69 Å². The third-order valence-electron chi connectivity index (χ3n) is 5.32. The topological polar surface area (TPSA) is 128 Å². The number of nitrogens with zero attached hydrogens (tertiary/aromatic N) is 1. The molecule has 31 heavy (non-hydrogen) atoms. The van der Waals surface area contributed by atoms with Crippen molar-refractivity contribution in [1.29, 1.82) is 0 Å². The van der Waals surface area contributed by atoms with Crippen molar-refractivity contribution in [3.8, 4) is 0 Å². The molecule has 0 bridgehead atoms. The van der Waals surface area contributed by atoms with Gasteiger partial charge in [-0.25, -0.2) is 4.79 Å². The van der Waals surface area contributed by atoms with Gasteiger partial charge >= 0.3 is 5.97 Å². The second-order valence-electron chi connectivity index (χ2n) is 7.66. The predicted molar refractivity (Wildman–Crippen MR) is 118 cm³/mol. The summed E-state index contributed by atoms with van der Waals surface area (Å²) in [6.07, 6.45) is 6.37. The zero-order valence-electron chi connectivity index (χ0n) is 17.8. The minimum absolute atomic E-state index is 0.0696. The van der Waals surface area contributed by atoms with E-state index >= 15 is 0 Å². The van der Waals surface area contributed by atoms with Crippen LogP contribution in [0, 0.1) is 16.0 Å². The Hall–Kier alpha value is -2.62. The van der Waals surface area contributed by atoms with Gasteiger partial charge in [0.2, 0.25) is 0 Å². The van der Waals surface area contributed by atoms with Crippen LogP contribution >= 0.6 is 11.8 Å².